The summed E-state index contributed by atoms with van der Waals surface area (Å²) in [7, 11) is 3.06. The summed E-state index contributed by atoms with van der Waals surface area (Å²) in [6, 6.07) is 7.50. The van der Waals surface area contributed by atoms with Gasteiger partial charge in [-0.3, -0.25) is 0 Å². The van der Waals surface area contributed by atoms with Gasteiger partial charge < -0.3 is 29.6 Å². The lowest BCUT2D eigenvalue weighted by Gasteiger charge is -2.21. The molecular weight excluding hydrogens is 355 g/mol. The Morgan fingerprint density at radius 1 is 1.22 bits per heavy atom. The largest absolute Gasteiger partial charge is 0.497 e. The summed E-state index contributed by atoms with van der Waals surface area (Å²) < 4.78 is 34.8. The van der Waals surface area contributed by atoms with Crippen molar-refractivity contribution in [3.63, 3.8) is 0 Å². The molecule has 1 aliphatic rings. The van der Waals surface area contributed by atoms with Gasteiger partial charge >= 0.3 is 6.03 Å². The van der Waals surface area contributed by atoms with Gasteiger partial charge in [-0.25, -0.2) is 9.18 Å². The Balaban J connectivity index is 1.60. The monoisotopic (exact) mass is 376 g/mol. The van der Waals surface area contributed by atoms with Gasteiger partial charge in [-0.05, 0) is 36.2 Å². The predicted molar refractivity (Wildman–Crippen MR) is 97.0 cm³/mol. The molecule has 0 aliphatic carbocycles. The Morgan fingerprint density at radius 2 is 2.07 bits per heavy atom. The first-order chi connectivity index (χ1) is 13.1. The third kappa shape index (κ3) is 4.59. The summed E-state index contributed by atoms with van der Waals surface area (Å²) in [4.78, 5) is 12.2. The maximum absolute atomic E-state index is 13.7. The van der Waals surface area contributed by atoms with Crippen molar-refractivity contribution in [2.24, 2.45) is 0 Å². The van der Waals surface area contributed by atoms with E-state index in [1.807, 2.05) is 0 Å². The highest BCUT2D eigenvalue weighted by Gasteiger charge is 2.17. The van der Waals surface area contributed by atoms with Crippen molar-refractivity contribution < 1.29 is 28.1 Å². The fourth-order valence-electron chi connectivity index (χ4n) is 2.83. The highest BCUT2D eigenvalue weighted by Crippen LogP contribution is 2.30. The number of methoxy groups -OCH3 is 2. The molecule has 2 N–H and O–H groups in total. The SMILES string of the molecule is COc1ccc(OC)c(NC(=O)NCCc2cc(F)cc3c2OCOC3)c1. The van der Waals surface area contributed by atoms with Gasteiger partial charge in [-0.15, -0.1) is 0 Å². The number of fused-ring (bicyclic) bond motifs is 1. The topological polar surface area (TPSA) is 78.1 Å². The number of halogens is 1. The molecular formula is C19H21FN2O5. The van der Waals surface area contributed by atoms with E-state index in [0.717, 1.165) is 0 Å². The van der Waals surface area contributed by atoms with Crippen molar-refractivity contribution in [1.29, 1.82) is 0 Å². The van der Waals surface area contributed by atoms with Crippen LogP contribution in [0.3, 0.4) is 0 Å². The zero-order valence-corrected chi connectivity index (χ0v) is 15.1. The van der Waals surface area contributed by atoms with Crippen LogP contribution < -0.4 is 24.8 Å². The van der Waals surface area contributed by atoms with Crippen molar-refractivity contribution in [3.05, 3.63) is 47.3 Å². The molecule has 0 aromatic heterocycles. The van der Waals surface area contributed by atoms with Crippen molar-refractivity contribution in [3.8, 4) is 17.2 Å². The highest BCUT2D eigenvalue weighted by atomic mass is 19.1. The molecule has 144 valence electrons. The van der Waals surface area contributed by atoms with Crippen LogP contribution in [-0.2, 0) is 17.8 Å². The Bertz CT molecular complexity index is 828. The van der Waals surface area contributed by atoms with Gasteiger partial charge in [0.25, 0.3) is 0 Å². The van der Waals surface area contributed by atoms with E-state index in [0.29, 0.717) is 53.6 Å². The Hall–Kier alpha value is -3.00. The zero-order valence-electron chi connectivity index (χ0n) is 15.1. The van der Waals surface area contributed by atoms with Crippen molar-refractivity contribution in [2.75, 3.05) is 32.9 Å². The molecule has 2 amide bonds. The number of nitrogens with one attached hydrogen (secondary N) is 2. The average molecular weight is 376 g/mol. The van der Waals surface area contributed by atoms with Crippen molar-refractivity contribution in [1.82, 2.24) is 5.32 Å². The molecule has 3 rings (SSSR count). The number of hydrogen-bond donors (Lipinski definition) is 2. The van der Waals surface area contributed by atoms with Crippen LogP contribution in [0.1, 0.15) is 11.1 Å². The molecule has 0 radical (unpaired) electrons. The fraction of sp³-hybridized carbons (Fsp3) is 0.316. The lowest BCUT2D eigenvalue weighted by Crippen LogP contribution is -2.30. The Labute approximate surface area is 156 Å². The quantitative estimate of drug-likeness (QED) is 0.810. The summed E-state index contributed by atoms with van der Waals surface area (Å²) in [5, 5.41) is 5.45. The summed E-state index contributed by atoms with van der Waals surface area (Å²) >= 11 is 0. The maximum Gasteiger partial charge on any atom is 0.319 e. The predicted octanol–water partition coefficient (Wildman–Crippen LogP) is 3.07. The number of benzene rings is 2. The van der Waals surface area contributed by atoms with Crippen LogP contribution in [0.5, 0.6) is 17.2 Å². The standard InChI is InChI=1S/C19H21FN2O5/c1-24-15-3-4-17(25-2)16(9-15)22-19(23)21-6-5-12-7-14(20)8-13-10-26-11-27-18(12)13/h3-4,7-9H,5-6,10-11H2,1-2H3,(H2,21,22,23). The molecule has 0 bridgehead atoms. The summed E-state index contributed by atoms with van der Waals surface area (Å²) in [6.07, 6.45) is 0.419. The fourth-order valence-corrected chi connectivity index (χ4v) is 2.83. The maximum atomic E-state index is 13.7. The lowest BCUT2D eigenvalue weighted by atomic mass is 10.1. The van der Waals surface area contributed by atoms with E-state index in [1.54, 1.807) is 25.3 Å². The van der Waals surface area contributed by atoms with Crippen LogP contribution in [0.25, 0.3) is 0 Å². The van der Waals surface area contributed by atoms with E-state index in [-0.39, 0.29) is 12.6 Å². The molecule has 2 aromatic rings. The number of ether oxygens (including phenoxy) is 4. The van der Waals surface area contributed by atoms with Crippen LogP contribution in [0, 0.1) is 5.82 Å². The minimum Gasteiger partial charge on any atom is -0.497 e. The van der Waals surface area contributed by atoms with Crippen LogP contribution in [0.15, 0.2) is 30.3 Å². The molecule has 2 aromatic carbocycles. The molecule has 0 saturated heterocycles. The number of urea groups is 1. The first kappa shape index (κ1) is 18.8. The minimum absolute atomic E-state index is 0.134. The van der Waals surface area contributed by atoms with Crippen LogP contribution in [0.2, 0.25) is 0 Å². The molecule has 1 heterocycles. The van der Waals surface area contributed by atoms with Crippen LogP contribution in [0.4, 0.5) is 14.9 Å². The smallest absolute Gasteiger partial charge is 0.319 e. The van der Waals surface area contributed by atoms with Gasteiger partial charge in [0, 0.05) is 18.2 Å². The van der Waals surface area contributed by atoms with E-state index >= 15 is 0 Å². The van der Waals surface area contributed by atoms with Gasteiger partial charge in [-0.2, -0.15) is 0 Å². The van der Waals surface area contributed by atoms with Gasteiger partial charge in [0.05, 0.1) is 26.5 Å². The molecule has 0 atom stereocenters. The average Bonchev–Trinajstić information content (AvgIpc) is 2.67. The van der Waals surface area contributed by atoms with Gasteiger partial charge in [-0.1, -0.05) is 0 Å². The Morgan fingerprint density at radius 3 is 2.85 bits per heavy atom. The molecule has 27 heavy (non-hydrogen) atoms. The van der Waals surface area contributed by atoms with Gasteiger partial charge in [0.15, 0.2) is 6.79 Å². The van der Waals surface area contributed by atoms with Gasteiger partial charge in [0.1, 0.15) is 23.1 Å². The summed E-state index contributed by atoms with van der Waals surface area (Å²) in [6.45, 7) is 0.747. The molecule has 1 aliphatic heterocycles. The number of anilines is 1. The second kappa shape index (κ2) is 8.59. The summed E-state index contributed by atoms with van der Waals surface area (Å²) in [5.74, 6) is 1.37. The summed E-state index contributed by atoms with van der Waals surface area (Å²) in [5.41, 5.74) is 1.84. The molecule has 0 spiro atoms. The second-order valence-electron chi connectivity index (χ2n) is 5.86. The number of hydrogen-bond acceptors (Lipinski definition) is 5. The molecule has 0 unspecified atom stereocenters. The van der Waals surface area contributed by atoms with Crippen molar-refractivity contribution >= 4 is 11.7 Å². The third-order valence-corrected chi connectivity index (χ3v) is 4.09. The Kier molecular flexibility index (Phi) is 5.97. The number of rotatable bonds is 6. The van der Waals surface area contributed by atoms with E-state index in [2.05, 4.69) is 10.6 Å². The minimum atomic E-state index is -0.406. The zero-order chi connectivity index (χ0) is 19.2. The first-order valence-corrected chi connectivity index (χ1v) is 8.39. The molecule has 7 nitrogen and oxygen atoms in total. The normalized spacial score (nSPS) is 12.6. The lowest BCUT2D eigenvalue weighted by molar-refractivity contribution is -0.0172. The molecule has 0 saturated carbocycles. The number of carbonyl (C=O) groups is 1. The third-order valence-electron chi connectivity index (χ3n) is 4.09. The second-order valence-corrected chi connectivity index (χ2v) is 5.86. The van der Waals surface area contributed by atoms with E-state index in [9.17, 15) is 9.18 Å². The van der Waals surface area contributed by atoms with Crippen LogP contribution in [-0.4, -0.2) is 33.6 Å². The van der Waals surface area contributed by atoms with E-state index < -0.39 is 6.03 Å². The molecule has 8 heteroatoms. The molecule has 0 fully saturated rings. The van der Waals surface area contributed by atoms with Crippen LogP contribution >= 0.6 is 0 Å². The number of carbonyl (C=O) groups excluding carboxylic acids is 1. The number of amides is 2. The first-order valence-electron chi connectivity index (χ1n) is 8.39. The van der Waals surface area contributed by atoms with Crippen molar-refractivity contribution in [2.45, 2.75) is 13.0 Å². The van der Waals surface area contributed by atoms with E-state index in [4.69, 9.17) is 18.9 Å². The van der Waals surface area contributed by atoms with E-state index in [1.165, 1.54) is 19.2 Å². The highest BCUT2D eigenvalue weighted by molar-refractivity contribution is 5.91. The van der Waals surface area contributed by atoms with Gasteiger partial charge in [0.2, 0.25) is 0 Å².